The van der Waals surface area contributed by atoms with Crippen LogP contribution in [0.3, 0.4) is 0 Å². The van der Waals surface area contributed by atoms with E-state index in [1.54, 1.807) is 4.90 Å². The number of amides is 1. The highest BCUT2D eigenvalue weighted by molar-refractivity contribution is 5.67. The molecule has 1 aromatic carbocycles. The van der Waals surface area contributed by atoms with Gasteiger partial charge in [0.2, 0.25) is 0 Å². The maximum absolute atomic E-state index is 12.0. The van der Waals surface area contributed by atoms with Gasteiger partial charge in [0, 0.05) is 24.0 Å². The maximum atomic E-state index is 12.0. The molecule has 0 unspecified atom stereocenters. The molecule has 0 aromatic heterocycles. The van der Waals surface area contributed by atoms with Gasteiger partial charge in [0.15, 0.2) is 0 Å². The van der Waals surface area contributed by atoms with Gasteiger partial charge in [-0.1, -0.05) is 42.4 Å². The van der Waals surface area contributed by atoms with Crippen LogP contribution in [-0.4, -0.2) is 30.1 Å². The Balaban J connectivity index is 1.83. The van der Waals surface area contributed by atoms with Gasteiger partial charge in [0.1, 0.15) is 6.61 Å². The minimum absolute atomic E-state index is 0.0295. The topological polar surface area (TPSA) is 78.3 Å². The number of benzene rings is 1. The summed E-state index contributed by atoms with van der Waals surface area (Å²) in [6, 6.07) is 9.56. The number of ether oxygens (including phenoxy) is 1. The van der Waals surface area contributed by atoms with Crippen LogP contribution in [-0.2, 0) is 11.3 Å². The molecule has 0 saturated carbocycles. The standard InChI is InChI=1S/C14H18N4O2/c1-11-9-18(8-7-13(11)16-17-15)14(19)20-10-12-5-3-2-4-6-12/h2-6,11,13H,7-10H2,1H3/t11-,13-/m1/s1. The van der Waals surface area contributed by atoms with Crippen molar-refractivity contribution in [1.82, 2.24) is 4.90 Å². The van der Waals surface area contributed by atoms with Crippen LogP contribution in [0, 0.1) is 5.92 Å². The number of azide groups is 1. The first-order valence-corrected chi connectivity index (χ1v) is 6.70. The summed E-state index contributed by atoms with van der Waals surface area (Å²) in [7, 11) is 0. The Labute approximate surface area is 118 Å². The molecule has 0 bridgehead atoms. The van der Waals surface area contributed by atoms with Crippen LogP contribution in [0.15, 0.2) is 35.4 Å². The van der Waals surface area contributed by atoms with E-state index in [1.165, 1.54) is 0 Å². The lowest BCUT2D eigenvalue weighted by molar-refractivity contribution is 0.0772. The first-order chi connectivity index (χ1) is 9.70. The van der Waals surface area contributed by atoms with Crippen molar-refractivity contribution in [2.24, 2.45) is 11.0 Å². The molecule has 2 atom stereocenters. The molecule has 6 heteroatoms. The van der Waals surface area contributed by atoms with E-state index in [-0.39, 0.29) is 24.7 Å². The summed E-state index contributed by atoms with van der Waals surface area (Å²) < 4.78 is 5.29. The molecule has 1 heterocycles. The molecule has 0 radical (unpaired) electrons. The number of carbonyl (C=O) groups is 1. The van der Waals surface area contributed by atoms with Crippen LogP contribution in [0.4, 0.5) is 4.79 Å². The van der Waals surface area contributed by atoms with Crippen LogP contribution in [0.1, 0.15) is 18.9 Å². The SMILES string of the molecule is C[C@@H]1CN(C(=O)OCc2ccccc2)CC[C@H]1N=[N+]=[N-]. The number of hydrogen-bond donors (Lipinski definition) is 0. The van der Waals surface area contributed by atoms with Gasteiger partial charge >= 0.3 is 6.09 Å². The molecule has 1 amide bonds. The second-order valence-electron chi connectivity index (χ2n) is 5.02. The van der Waals surface area contributed by atoms with Gasteiger partial charge in [0.25, 0.3) is 0 Å². The molecule has 2 rings (SSSR count). The van der Waals surface area contributed by atoms with Crippen LogP contribution in [0.5, 0.6) is 0 Å². The lowest BCUT2D eigenvalue weighted by atomic mass is 9.95. The Morgan fingerprint density at radius 2 is 2.25 bits per heavy atom. The molecular formula is C14H18N4O2. The molecular weight excluding hydrogens is 256 g/mol. The fourth-order valence-corrected chi connectivity index (χ4v) is 2.35. The smallest absolute Gasteiger partial charge is 0.410 e. The molecule has 20 heavy (non-hydrogen) atoms. The fraction of sp³-hybridized carbons (Fsp3) is 0.500. The van der Waals surface area contributed by atoms with Crippen molar-refractivity contribution in [2.45, 2.75) is 26.0 Å². The van der Waals surface area contributed by atoms with Gasteiger partial charge in [-0.2, -0.15) is 0 Å². The van der Waals surface area contributed by atoms with Gasteiger partial charge < -0.3 is 9.64 Å². The summed E-state index contributed by atoms with van der Waals surface area (Å²) >= 11 is 0. The lowest BCUT2D eigenvalue weighted by Crippen LogP contribution is -2.44. The van der Waals surface area contributed by atoms with E-state index < -0.39 is 0 Å². The van der Waals surface area contributed by atoms with Crippen molar-refractivity contribution in [1.29, 1.82) is 0 Å². The predicted octanol–water partition coefficient (Wildman–Crippen LogP) is 3.34. The van der Waals surface area contributed by atoms with E-state index in [1.807, 2.05) is 37.3 Å². The molecule has 1 aromatic rings. The van der Waals surface area contributed by atoms with Gasteiger partial charge in [-0.3, -0.25) is 0 Å². The van der Waals surface area contributed by atoms with Crippen molar-refractivity contribution < 1.29 is 9.53 Å². The molecule has 6 nitrogen and oxygen atoms in total. The number of carbonyl (C=O) groups excluding carboxylic acids is 1. The van der Waals surface area contributed by atoms with Gasteiger partial charge in [-0.15, -0.1) is 0 Å². The quantitative estimate of drug-likeness (QED) is 0.481. The molecule has 1 saturated heterocycles. The largest absolute Gasteiger partial charge is 0.445 e. The van der Waals surface area contributed by atoms with Crippen molar-refractivity contribution in [3.63, 3.8) is 0 Å². The van der Waals surface area contributed by atoms with E-state index >= 15 is 0 Å². The molecule has 1 fully saturated rings. The van der Waals surface area contributed by atoms with Crippen molar-refractivity contribution in [3.8, 4) is 0 Å². The zero-order valence-corrected chi connectivity index (χ0v) is 11.5. The highest BCUT2D eigenvalue weighted by Gasteiger charge is 2.28. The van der Waals surface area contributed by atoms with Crippen LogP contribution in [0.25, 0.3) is 10.4 Å². The average Bonchev–Trinajstić information content (AvgIpc) is 2.48. The van der Waals surface area contributed by atoms with E-state index in [4.69, 9.17) is 10.3 Å². The zero-order chi connectivity index (χ0) is 14.4. The molecule has 1 aliphatic rings. The summed E-state index contributed by atoms with van der Waals surface area (Å²) in [6.45, 7) is 3.40. The Bertz CT molecular complexity index is 499. The number of rotatable bonds is 3. The van der Waals surface area contributed by atoms with E-state index in [2.05, 4.69) is 10.0 Å². The van der Waals surface area contributed by atoms with Crippen LogP contribution < -0.4 is 0 Å². The number of piperidine rings is 1. The second kappa shape index (κ2) is 6.82. The first-order valence-electron chi connectivity index (χ1n) is 6.70. The van der Waals surface area contributed by atoms with E-state index in [0.717, 1.165) is 5.56 Å². The molecule has 0 spiro atoms. The summed E-state index contributed by atoms with van der Waals surface area (Å²) in [5.74, 6) is 0.156. The van der Waals surface area contributed by atoms with E-state index in [0.29, 0.717) is 19.5 Å². The van der Waals surface area contributed by atoms with Crippen LogP contribution >= 0.6 is 0 Å². The third kappa shape index (κ3) is 3.65. The number of likely N-dealkylation sites (tertiary alicyclic amines) is 1. The Hall–Kier alpha value is -2.20. The Morgan fingerprint density at radius 1 is 1.50 bits per heavy atom. The minimum Gasteiger partial charge on any atom is -0.445 e. The molecule has 0 aliphatic carbocycles. The maximum Gasteiger partial charge on any atom is 0.410 e. The minimum atomic E-state index is -0.305. The lowest BCUT2D eigenvalue weighted by Gasteiger charge is -2.34. The average molecular weight is 274 g/mol. The van der Waals surface area contributed by atoms with Gasteiger partial charge in [-0.25, -0.2) is 4.79 Å². The first kappa shape index (κ1) is 14.2. The summed E-state index contributed by atoms with van der Waals surface area (Å²) in [4.78, 5) is 16.5. The number of hydrogen-bond acceptors (Lipinski definition) is 3. The normalized spacial score (nSPS) is 21.9. The molecule has 106 valence electrons. The van der Waals surface area contributed by atoms with Crippen LogP contribution in [0.2, 0.25) is 0 Å². The Morgan fingerprint density at radius 3 is 2.90 bits per heavy atom. The molecule has 1 aliphatic heterocycles. The predicted molar refractivity (Wildman–Crippen MR) is 74.9 cm³/mol. The zero-order valence-electron chi connectivity index (χ0n) is 11.5. The number of nitrogens with zero attached hydrogens (tertiary/aromatic N) is 4. The summed E-state index contributed by atoms with van der Waals surface area (Å²) in [5, 5.41) is 3.75. The van der Waals surface area contributed by atoms with Gasteiger partial charge in [0.05, 0.1) is 0 Å². The van der Waals surface area contributed by atoms with Crippen molar-refractivity contribution in [3.05, 3.63) is 46.3 Å². The highest BCUT2D eigenvalue weighted by atomic mass is 16.6. The van der Waals surface area contributed by atoms with Crippen molar-refractivity contribution >= 4 is 6.09 Å². The van der Waals surface area contributed by atoms with E-state index in [9.17, 15) is 4.79 Å². The summed E-state index contributed by atoms with van der Waals surface area (Å²) in [6.07, 6.45) is 0.381. The third-order valence-corrected chi connectivity index (χ3v) is 3.52. The second-order valence-corrected chi connectivity index (χ2v) is 5.02. The molecule has 0 N–H and O–H groups in total. The Kier molecular flexibility index (Phi) is 4.85. The highest BCUT2D eigenvalue weighted by Crippen LogP contribution is 2.20. The van der Waals surface area contributed by atoms with Crippen molar-refractivity contribution in [2.75, 3.05) is 13.1 Å². The third-order valence-electron chi connectivity index (χ3n) is 3.52. The fourth-order valence-electron chi connectivity index (χ4n) is 2.35. The monoisotopic (exact) mass is 274 g/mol. The van der Waals surface area contributed by atoms with Gasteiger partial charge in [-0.05, 0) is 23.4 Å². The summed E-state index contributed by atoms with van der Waals surface area (Å²) in [5.41, 5.74) is 9.44.